The first-order valence-corrected chi connectivity index (χ1v) is 10.1. The molecular formula is C21H26O4Si. The second-order valence-corrected chi connectivity index (χ2v) is 7.31. The normalized spacial score (nSPS) is 11.9. The molecule has 0 unspecified atom stereocenters. The van der Waals surface area contributed by atoms with Gasteiger partial charge in [-0.1, -0.05) is 62.6 Å². The smallest absolute Gasteiger partial charge is 0.334 e. The summed E-state index contributed by atoms with van der Waals surface area (Å²) in [6.45, 7) is 4.15. The highest BCUT2D eigenvalue weighted by Gasteiger charge is 2.17. The topological polar surface area (TPSA) is 52.6 Å². The molecule has 0 radical (unpaired) electrons. The maximum atomic E-state index is 12.5. The first kappa shape index (κ1) is 19.9. The third-order valence-corrected chi connectivity index (χ3v) is 5.52. The van der Waals surface area contributed by atoms with E-state index in [1.807, 2.05) is 36.4 Å². The Hall–Kier alpha value is -2.40. The number of carbonyl (C=O) groups is 2. The van der Waals surface area contributed by atoms with Gasteiger partial charge in [-0.25, -0.2) is 9.59 Å². The van der Waals surface area contributed by atoms with Crippen molar-refractivity contribution in [2.75, 3.05) is 6.61 Å². The average Bonchev–Trinajstić information content (AvgIpc) is 2.66. The molecule has 2 aromatic carbocycles. The maximum absolute atomic E-state index is 12.5. The first-order chi connectivity index (χ1) is 12.5. The average molecular weight is 371 g/mol. The standard InChI is InChI=1S/C21H26O4Si/c1-3-4-5-8-14-24-20(22)15(2)19(26)21(23)25-18-13-9-11-16-10-6-7-12-17(16)18/h6-7,9-13H,3-5,8,14H2,1-2,26H3/b19-15-. The van der Waals surface area contributed by atoms with Gasteiger partial charge in [0, 0.05) is 26.4 Å². The van der Waals surface area contributed by atoms with Crippen molar-refractivity contribution in [3.8, 4) is 5.75 Å². The number of hydrogen-bond donors (Lipinski definition) is 0. The Morgan fingerprint density at radius 3 is 2.46 bits per heavy atom. The van der Waals surface area contributed by atoms with Crippen LogP contribution in [0.15, 0.2) is 53.2 Å². The van der Waals surface area contributed by atoms with Crippen LogP contribution in [0.4, 0.5) is 0 Å². The SMILES string of the molecule is CCCCCCOC(=O)/C(C)=C(\[SiH3])C(=O)Oc1cccc2ccccc12. The molecule has 5 heteroatoms. The summed E-state index contributed by atoms with van der Waals surface area (Å²) in [5, 5.41) is 2.27. The lowest BCUT2D eigenvalue weighted by molar-refractivity contribution is -0.139. The van der Waals surface area contributed by atoms with Gasteiger partial charge in [-0.05, 0) is 24.8 Å². The molecule has 0 heterocycles. The fourth-order valence-electron chi connectivity index (χ4n) is 2.57. The van der Waals surface area contributed by atoms with Gasteiger partial charge in [0.2, 0.25) is 0 Å². The van der Waals surface area contributed by atoms with Gasteiger partial charge < -0.3 is 9.47 Å². The molecule has 0 saturated heterocycles. The third-order valence-electron chi connectivity index (χ3n) is 4.36. The Morgan fingerprint density at radius 2 is 1.69 bits per heavy atom. The predicted octanol–water partition coefficient (Wildman–Crippen LogP) is 3.51. The van der Waals surface area contributed by atoms with Crippen molar-refractivity contribution in [2.24, 2.45) is 0 Å². The first-order valence-electron chi connectivity index (χ1n) is 9.09. The van der Waals surface area contributed by atoms with Crippen LogP contribution in [-0.2, 0) is 14.3 Å². The van der Waals surface area contributed by atoms with Crippen LogP contribution in [0.1, 0.15) is 39.5 Å². The van der Waals surface area contributed by atoms with E-state index in [0.717, 1.165) is 36.5 Å². The number of hydrogen-bond acceptors (Lipinski definition) is 4. The van der Waals surface area contributed by atoms with Crippen LogP contribution in [0.25, 0.3) is 10.8 Å². The van der Waals surface area contributed by atoms with E-state index in [2.05, 4.69) is 6.92 Å². The monoisotopic (exact) mass is 370 g/mol. The molecule has 0 amide bonds. The van der Waals surface area contributed by atoms with Crippen molar-refractivity contribution in [1.82, 2.24) is 0 Å². The summed E-state index contributed by atoms with van der Waals surface area (Å²) < 4.78 is 10.8. The van der Waals surface area contributed by atoms with Crippen LogP contribution < -0.4 is 4.74 Å². The molecule has 0 atom stereocenters. The zero-order valence-electron chi connectivity index (χ0n) is 15.7. The minimum absolute atomic E-state index is 0.345. The number of rotatable bonds is 8. The number of esters is 2. The molecule has 4 nitrogen and oxygen atoms in total. The lowest BCUT2D eigenvalue weighted by Gasteiger charge is -2.10. The van der Waals surface area contributed by atoms with Gasteiger partial charge >= 0.3 is 11.9 Å². The summed E-state index contributed by atoms with van der Waals surface area (Å²) in [4.78, 5) is 24.6. The molecule has 0 aromatic heterocycles. The molecule has 0 aliphatic carbocycles. The van der Waals surface area contributed by atoms with Crippen molar-refractivity contribution in [1.29, 1.82) is 0 Å². The number of ether oxygens (including phenoxy) is 2. The van der Waals surface area contributed by atoms with Crippen molar-refractivity contribution >= 4 is 33.0 Å². The second kappa shape index (κ2) is 9.92. The Morgan fingerprint density at radius 1 is 0.962 bits per heavy atom. The lowest BCUT2D eigenvalue weighted by atomic mass is 10.1. The number of unbranched alkanes of at least 4 members (excludes halogenated alkanes) is 3. The summed E-state index contributed by atoms with van der Waals surface area (Å²) >= 11 is 0. The zero-order chi connectivity index (χ0) is 18.9. The molecule has 0 aliphatic rings. The molecule has 0 fully saturated rings. The van der Waals surface area contributed by atoms with E-state index < -0.39 is 11.9 Å². The minimum atomic E-state index is -0.478. The van der Waals surface area contributed by atoms with Gasteiger partial charge in [0.25, 0.3) is 0 Å². The summed E-state index contributed by atoms with van der Waals surface area (Å²) in [6.07, 6.45) is 4.17. The van der Waals surface area contributed by atoms with E-state index in [4.69, 9.17) is 9.47 Å². The van der Waals surface area contributed by atoms with E-state index in [9.17, 15) is 9.59 Å². The van der Waals surface area contributed by atoms with Crippen molar-refractivity contribution in [3.63, 3.8) is 0 Å². The fourth-order valence-corrected chi connectivity index (χ4v) is 2.88. The molecule has 26 heavy (non-hydrogen) atoms. The van der Waals surface area contributed by atoms with Gasteiger partial charge in [0.1, 0.15) is 5.75 Å². The van der Waals surface area contributed by atoms with Gasteiger partial charge in [-0.2, -0.15) is 0 Å². The van der Waals surface area contributed by atoms with Crippen LogP contribution in [0, 0.1) is 0 Å². The van der Waals surface area contributed by atoms with Gasteiger partial charge in [0.15, 0.2) is 0 Å². The van der Waals surface area contributed by atoms with Gasteiger partial charge in [-0.15, -0.1) is 0 Å². The summed E-state index contributed by atoms with van der Waals surface area (Å²) in [6, 6.07) is 13.3. The molecular weight excluding hydrogens is 344 g/mol. The Balaban J connectivity index is 2.02. The van der Waals surface area contributed by atoms with E-state index in [-0.39, 0.29) is 0 Å². The quantitative estimate of drug-likeness (QED) is 0.235. The van der Waals surface area contributed by atoms with Gasteiger partial charge in [0.05, 0.1) is 6.61 Å². The van der Waals surface area contributed by atoms with Crippen LogP contribution in [-0.4, -0.2) is 28.8 Å². The minimum Gasteiger partial charge on any atom is -0.462 e. The van der Waals surface area contributed by atoms with Crippen LogP contribution >= 0.6 is 0 Å². The highest BCUT2D eigenvalue weighted by atomic mass is 28.1. The third kappa shape index (κ3) is 5.30. The predicted molar refractivity (Wildman–Crippen MR) is 107 cm³/mol. The highest BCUT2D eigenvalue weighted by Crippen LogP contribution is 2.25. The van der Waals surface area contributed by atoms with Crippen molar-refractivity contribution in [3.05, 3.63) is 53.2 Å². The molecule has 2 aromatic rings. The molecule has 138 valence electrons. The largest absolute Gasteiger partial charge is 0.462 e. The fraction of sp³-hybridized carbons (Fsp3) is 0.333. The number of carbonyl (C=O) groups excluding carboxylic acids is 2. The summed E-state index contributed by atoms with van der Waals surface area (Å²) in [5.41, 5.74) is 0.345. The van der Waals surface area contributed by atoms with Gasteiger partial charge in [-0.3, -0.25) is 0 Å². The molecule has 0 saturated carbocycles. The highest BCUT2D eigenvalue weighted by molar-refractivity contribution is 6.37. The van der Waals surface area contributed by atoms with Crippen LogP contribution in [0.5, 0.6) is 5.75 Å². The maximum Gasteiger partial charge on any atom is 0.334 e. The number of benzene rings is 2. The molecule has 0 N–H and O–H groups in total. The molecule has 0 aliphatic heterocycles. The summed E-state index contributed by atoms with van der Waals surface area (Å²) in [7, 11) is 0.411. The van der Waals surface area contributed by atoms with E-state index in [0.29, 0.717) is 33.4 Å². The Bertz CT molecular complexity index is 805. The van der Waals surface area contributed by atoms with Crippen molar-refractivity contribution in [2.45, 2.75) is 39.5 Å². The second-order valence-electron chi connectivity index (χ2n) is 6.31. The molecule has 2 rings (SSSR count). The van der Waals surface area contributed by atoms with E-state index in [1.165, 1.54) is 0 Å². The summed E-state index contributed by atoms with van der Waals surface area (Å²) in [5.74, 6) is -0.406. The Labute approximate surface area is 157 Å². The van der Waals surface area contributed by atoms with E-state index in [1.54, 1.807) is 13.0 Å². The molecule has 0 spiro atoms. The molecule has 0 bridgehead atoms. The van der Waals surface area contributed by atoms with Crippen LogP contribution in [0.2, 0.25) is 0 Å². The lowest BCUT2D eigenvalue weighted by Crippen LogP contribution is -2.18. The zero-order valence-corrected chi connectivity index (χ0v) is 17.7. The van der Waals surface area contributed by atoms with E-state index >= 15 is 0 Å². The Kier molecular flexibility index (Phi) is 7.60. The number of fused-ring (bicyclic) bond motifs is 1. The van der Waals surface area contributed by atoms with Crippen molar-refractivity contribution < 1.29 is 19.1 Å². The van der Waals surface area contributed by atoms with Crippen LogP contribution in [0.3, 0.4) is 0 Å².